The Kier molecular flexibility index (Phi) is 8.29. The van der Waals surface area contributed by atoms with Crippen LogP contribution in [-0.2, 0) is 16.1 Å². The van der Waals surface area contributed by atoms with E-state index in [0.29, 0.717) is 26.0 Å². The number of imidazole rings is 1. The van der Waals surface area contributed by atoms with Crippen molar-refractivity contribution >= 4 is 17.0 Å². The lowest BCUT2D eigenvalue weighted by molar-refractivity contribution is -0.140. The number of hydrogen-bond acceptors (Lipinski definition) is 6. The molecule has 0 amide bonds. The monoisotopic (exact) mass is 426 g/mol. The first-order valence-corrected chi connectivity index (χ1v) is 10.6. The number of esters is 1. The summed E-state index contributed by atoms with van der Waals surface area (Å²) in [4.78, 5) is 16.0. The molecule has 166 valence electrons. The number of rotatable bonds is 12. The van der Waals surface area contributed by atoms with Gasteiger partial charge >= 0.3 is 5.97 Å². The van der Waals surface area contributed by atoms with E-state index in [9.17, 15) is 9.90 Å². The van der Waals surface area contributed by atoms with Crippen LogP contribution in [0.2, 0.25) is 0 Å². The minimum atomic E-state index is -0.171. The summed E-state index contributed by atoms with van der Waals surface area (Å²) in [5.41, 5.74) is 2.85. The van der Waals surface area contributed by atoms with Gasteiger partial charge in [0.05, 0.1) is 31.9 Å². The highest BCUT2D eigenvalue weighted by atomic mass is 16.5. The average molecular weight is 427 g/mol. The van der Waals surface area contributed by atoms with E-state index < -0.39 is 0 Å². The summed E-state index contributed by atoms with van der Waals surface area (Å²) >= 11 is 0. The van der Waals surface area contributed by atoms with E-state index in [1.54, 1.807) is 7.11 Å². The lowest BCUT2D eigenvalue weighted by atomic mass is 10.2. The summed E-state index contributed by atoms with van der Waals surface area (Å²) in [6.45, 7) is 1.36. The van der Waals surface area contributed by atoms with Gasteiger partial charge < -0.3 is 23.9 Å². The van der Waals surface area contributed by atoms with E-state index in [-0.39, 0.29) is 12.6 Å². The van der Waals surface area contributed by atoms with Gasteiger partial charge in [-0.1, -0.05) is 0 Å². The van der Waals surface area contributed by atoms with Gasteiger partial charge in [-0.15, -0.1) is 0 Å². The van der Waals surface area contributed by atoms with Gasteiger partial charge in [0.15, 0.2) is 0 Å². The van der Waals surface area contributed by atoms with Gasteiger partial charge in [0.25, 0.3) is 0 Å². The number of methoxy groups -OCH3 is 2. The molecule has 0 aliphatic carbocycles. The topological polar surface area (TPSA) is 82.8 Å². The number of aliphatic hydroxyl groups excluding tert-OH is 1. The fourth-order valence-electron chi connectivity index (χ4n) is 3.45. The molecule has 0 saturated heterocycles. The van der Waals surface area contributed by atoms with E-state index in [0.717, 1.165) is 53.2 Å². The molecule has 1 aromatic heterocycles. The van der Waals surface area contributed by atoms with Crippen molar-refractivity contribution in [3.63, 3.8) is 0 Å². The molecular formula is C24H30N2O5. The van der Waals surface area contributed by atoms with Crippen molar-refractivity contribution in [1.29, 1.82) is 0 Å². The molecule has 3 rings (SSSR count). The van der Waals surface area contributed by atoms with Gasteiger partial charge in [-0.2, -0.15) is 0 Å². The molecule has 2 aromatic carbocycles. The standard InChI is InChI=1S/C24H30N2O5/c1-29-19-10-8-18(9-11-19)24-25-21-13-12-20(17-22(21)26(24)14-6-15-27)31-16-5-3-4-7-23(28)30-2/h8-13,17,27H,3-7,14-16H2,1-2H3. The van der Waals surface area contributed by atoms with Crippen molar-refractivity contribution in [3.05, 3.63) is 42.5 Å². The molecule has 1 heterocycles. The number of carbonyl (C=O) groups excluding carboxylic acids is 1. The molecule has 0 aliphatic heterocycles. The molecule has 7 heteroatoms. The average Bonchev–Trinajstić information content (AvgIpc) is 3.17. The fourth-order valence-corrected chi connectivity index (χ4v) is 3.45. The third-order valence-corrected chi connectivity index (χ3v) is 5.13. The number of hydrogen-bond donors (Lipinski definition) is 1. The Hall–Kier alpha value is -3.06. The lowest BCUT2D eigenvalue weighted by Gasteiger charge is -2.10. The molecule has 0 aliphatic rings. The minimum Gasteiger partial charge on any atom is -0.497 e. The van der Waals surface area contributed by atoms with Gasteiger partial charge in [-0.05, 0) is 62.1 Å². The highest BCUT2D eigenvalue weighted by molar-refractivity contribution is 5.82. The highest BCUT2D eigenvalue weighted by Crippen LogP contribution is 2.29. The second kappa shape index (κ2) is 11.4. The van der Waals surface area contributed by atoms with Crippen LogP contribution >= 0.6 is 0 Å². The van der Waals surface area contributed by atoms with Crippen LogP contribution < -0.4 is 9.47 Å². The zero-order valence-electron chi connectivity index (χ0n) is 18.2. The maximum atomic E-state index is 11.2. The van der Waals surface area contributed by atoms with Gasteiger partial charge in [-0.25, -0.2) is 4.98 Å². The van der Waals surface area contributed by atoms with Gasteiger partial charge in [0.2, 0.25) is 0 Å². The summed E-state index contributed by atoms with van der Waals surface area (Å²) in [5.74, 6) is 2.26. The second-order valence-electron chi connectivity index (χ2n) is 7.28. The molecule has 0 atom stereocenters. The van der Waals surface area contributed by atoms with Crippen LogP contribution in [0.5, 0.6) is 11.5 Å². The van der Waals surface area contributed by atoms with E-state index in [4.69, 9.17) is 14.5 Å². The maximum Gasteiger partial charge on any atom is 0.305 e. The third-order valence-electron chi connectivity index (χ3n) is 5.13. The Morgan fingerprint density at radius 3 is 2.48 bits per heavy atom. The number of ether oxygens (including phenoxy) is 3. The Balaban J connectivity index is 1.73. The Morgan fingerprint density at radius 2 is 1.77 bits per heavy atom. The molecule has 3 aromatic rings. The zero-order chi connectivity index (χ0) is 22.1. The summed E-state index contributed by atoms with van der Waals surface area (Å²) < 4.78 is 18.0. The number of carbonyl (C=O) groups is 1. The molecular weight excluding hydrogens is 396 g/mol. The molecule has 0 unspecified atom stereocenters. The molecule has 31 heavy (non-hydrogen) atoms. The van der Waals surface area contributed by atoms with Crippen molar-refractivity contribution in [2.75, 3.05) is 27.4 Å². The van der Waals surface area contributed by atoms with Crippen molar-refractivity contribution in [2.45, 2.75) is 38.6 Å². The Bertz CT molecular complexity index is 982. The quantitative estimate of drug-likeness (QED) is 0.345. The van der Waals surface area contributed by atoms with E-state index >= 15 is 0 Å². The van der Waals surface area contributed by atoms with Crippen LogP contribution in [0.1, 0.15) is 32.1 Å². The van der Waals surface area contributed by atoms with E-state index in [1.807, 2.05) is 42.5 Å². The number of fused-ring (bicyclic) bond motifs is 1. The number of unbranched alkanes of at least 4 members (excludes halogenated alkanes) is 2. The molecule has 0 spiro atoms. The smallest absolute Gasteiger partial charge is 0.305 e. The lowest BCUT2D eigenvalue weighted by Crippen LogP contribution is -2.03. The first kappa shape index (κ1) is 22.6. The third kappa shape index (κ3) is 5.98. The number of nitrogens with zero attached hydrogens (tertiary/aromatic N) is 2. The SMILES string of the molecule is COC(=O)CCCCCOc1ccc2nc(-c3ccc(OC)cc3)n(CCCO)c2c1. The van der Waals surface area contributed by atoms with Gasteiger partial charge in [0.1, 0.15) is 17.3 Å². The van der Waals surface area contributed by atoms with Crippen molar-refractivity contribution in [2.24, 2.45) is 0 Å². The number of aryl methyl sites for hydroxylation is 1. The van der Waals surface area contributed by atoms with Crippen LogP contribution in [0, 0.1) is 0 Å². The molecule has 0 radical (unpaired) electrons. The fraction of sp³-hybridized carbons (Fsp3) is 0.417. The van der Waals surface area contributed by atoms with Crippen LogP contribution in [0.4, 0.5) is 0 Å². The van der Waals surface area contributed by atoms with Crippen molar-refractivity contribution in [3.8, 4) is 22.9 Å². The van der Waals surface area contributed by atoms with Gasteiger partial charge in [0, 0.05) is 31.2 Å². The van der Waals surface area contributed by atoms with Crippen LogP contribution in [0.25, 0.3) is 22.4 Å². The van der Waals surface area contributed by atoms with Crippen LogP contribution in [0.3, 0.4) is 0 Å². The summed E-state index contributed by atoms with van der Waals surface area (Å²) in [5, 5.41) is 9.35. The van der Waals surface area contributed by atoms with Crippen LogP contribution in [-0.4, -0.2) is 48.1 Å². The highest BCUT2D eigenvalue weighted by Gasteiger charge is 2.14. The molecule has 0 fully saturated rings. The number of aliphatic hydroxyl groups is 1. The van der Waals surface area contributed by atoms with Crippen LogP contribution in [0.15, 0.2) is 42.5 Å². The zero-order valence-corrected chi connectivity index (χ0v) is 18.2. The second-order valence-corrected chi connectivity index (χ2v) is 7.28. The van der Waals surface area contributed by atoms with Crippen molar-refractivity contribution < 1.29 is 24.1 Å². The van der Waals surface area contributed by atoms with Gasteiger partial charge in [-0.3, -0.25) is 4.79 Å². The molecule has 1 N–H and O–H groups in total. The summed E-state index contributed by atoms with van der Waals surface area (Å²) in [6, 6.07) is 13.7. The first-order chi connectivity index (χ1) is 15.2. The first-order valence-electron chi connectivity index (χ1n) is 10.6. The maximum absolute atomic E-state index is 11.2. The molecule has 7 nitrogen and oxygen atoms in total. The summed E-state index contributed by atoms with van der Waals surface area (Å²) in [7, 11) is 3.05. The predicted octanol–water partition coefficient (Wildman–Crippen LogP) is 4.21. The largest absolute Gasteiger partial charge is 0.497 e. The van der Waals surface area contributed by atoms with Crippen molar-refractivity contribution in [1.82, 2.24) is 9.55 Å². The Labute approximate surface area is 182 Å². The number of benzene rings is 2. The van der Waals surface area contributed by atoms with E-state index in [2.05, 4.69) is 9.30 Å². The molecule has 0 saturated carbocycles. The normalized spacial score (nSPS) is 10.9. The minimum absolute atomic E-state index is 0.115. The Morgan fingerprint density at radius 1 is 1.00 bits per heavy atom. The molecule has 0 bridgehead atoms. The summed E-state index contributed by atoms with van der Waals surface area (Å²) in [6.07, 6.45) is 3.66. The predicted molar refractivity (Wildman–Crippen MR) is 119 cm³/mol. The van der Waals surface area contributed by atoms with E-state index in [1.165, 1.54) is 7.11 Å². The number of aromatic nitrogens is 2.